The highest BCUT2D eigenvalue weighted by Crippen LogP contribution is 2.30. The molecule has 16 heteroatoms. The van der Waals surface area contributed by atoms with E-state index in [4.69, 9.17) is 21.1 Å². The number of nitrogens with zero attached hydrogens (tertiary/aromatic N) is 9. The van der Waals surface area contributed by atoms with Crippen molar-refractivity contribution in [1.82, 2.24) is 45.4 Å². The number of anilines is 2. The number of aromatic nitrogens is 8. The standard InChI is InChI=1S/C28H31ClN12O3/c1-43-9-3-8-31-28(42)41(23-16-32-22(15-33-23)18-12-35-27(44-2)36-13-18)20-6-4-19(5-7-20)38-26-34-11-17(10-30)24(39-26)25-21(29)14-37-40-25/h11-16,19-20H,3-9H2,1-2H3,(H,31,42)(H,37,40)(H,34,38,39). The van der Waals surface area contributed by atoms with Crippen LogP contribution in [0.15, 0.2) is 37.2 Å². The van der Waals surface area contributed by atoms with Crippen molar-refractivity contribution in [2.75, 3.05) is 37.6 Å². The summed E-state index contributed by atoms with van der Waals surface area (Å²) < 4.78 is 10.1. The second kappa shape index (κ2) is 14.5. The average molecular weight is 619 g/mol. The molecule has 0 atom stereocenters. The molecule has 44 heavy (non-hydrogen) atoms. The summed E-state index contributed by atoms with van der Waals surface area (Å²) in [5.74, 6) is 0.818. The van der Waals surface area contributed by atoms with Gasteiger partial charge >= 0.3 is 12.0 Å². The van der Waals surface area contributed by atoms with Gasteiger partial charge in [-0.3, -0.25) is 15.0 Å². The van der Waals surface area contributed by atoms with E-state index in [0.717, 1.165) is 12.8 Å². The average Bonchev–Trinajstić information content (AvgIpc) is 3.50. The van der Waals surface area contributed by atoms with Gasteiger partial charge in [0, 0.05) is 56.5 Å². The van der Waals surface area contributed by atoms with Crippen LogP contribution < -0.4 is 20.3 Å². The predicted octanol–water partition coefficient (Wildman–Crippen LogP) is 3.62. The van der Waals surface area contributed by atoms with Gasteiger partial charge in [0.1, 0.15) is 17.5 Å². The number of carbonyl (C=O) groups excluding carboxylic acids is 1. The molecule has 4 aromatic heterocycles. The Morgan fingerprint density at radius 3 is 2.50 bits per heavy atom. The minimum absolute atomic E-state index is 0.0526. The number of nitrogens with one attached hydrogen (secondary N) is 3. The molecule has 4 aromatic rings. The first kappa shape index (κ1) is 30.5. The number of methoxy groups -OCH3 is 2. The van der Waals surface area contributed by atoms with E-state index in [1.54, 1.807) is 36.8 Å². The fourth-order valence-electron chi connectivity index (χ4n) is 4.92. The van der Waals surface area contributed by atoms with Gasteiger partial charge in [0.25, 0.3) is 0 Å². The summed E-state index contributed by atoms with van der Waals surface area (Å²) in [7, 11) is 3.12. The largest absolute Gasteiger partial charge is 0.467 e. The predicted molar refractivity (Wildman–Crippen MR) is 161 cm³/mol. The normalized spacial score (nSPS) is 16.1. The van der Waals surface area contributed by atoms with Gasteiger partial charge < -0.3 is 20.1 Å². The monoisotopic (exact) mass is 618 g/mol. The first-order valence-electron chi connectivity index (χ1n) is 14.0. The van der Waals surface area contributed by atoms with Crippen LogP contribution in [0.5, 0.6) is 6.01 Å². The lowest BCUT2D eigenvalue weighted by molar-refractivity contribution is 0.193. The van der Waals surface area contributed by atoms with E-state index >= 15 is 0 Å². The van der Waals surface area contributed by atoms with Gasteiger partial charge in [0.05, 0.1) is 42.0 Å². The SMILES string of the molecule is COCCCNC(=O)N(c1cnc(-c2cnc(OC)nc2)cn1)C1CCC(Nc2ncc(C#N)c(-c3n[nH]cc3Cl)n2)CC1. The van der Waals surface area contributed by atoms with Crippen molar-refractivity contribution in [3.05, 3.63) is 47.8 Å². The van der Waals surface area contributed by atoms with Crippen LogP contribution in [0.2, 0.25) is 5.02 Å². The highest BCUT2D eigenvalue weighted by atomic mass is 35.5. The number of H-pyrrole nitrogens is 1. The zero-order valence-corrected chi connectivity index (χ0v) is 25.0. The van der Waals surface area contributed by atoms with E-state index in [2.05, 4.69) is 56.8 Å². The Labute approximate surface area is 258 Å². The van der Waals surface area contributed by atoms with Crippen LogP contribution in [0.4, 0.5) is 16.6 Å². The molecule has 3 N–H and O–H groups in total. The smallest absolute Gasteiger partial charge is 0.323 e. The molecule has 0 aromatic carbocycles. The number of hydrogen-bond acceptors (Lipinski definition) is 12. The Hall–Kier alpha value is -4.94. The molecule has 5 rings (SSSR count). The van der Waals surface area contributed by atoms with E-state index in [9.17, 15) is 10.1 Å². The lowest BCUT2D eigenvalue weighted by atomic mass is 9.90. The summed E-state index contributed by atoms with van der Waals surface area (Å²) in [6, 6.07) is 2.04. The van der Waals surface area contributed by atoms with Gasteiger partial charge in [-0.05, 0) is 32.1 Å². The Morgan fingerprint density at radius 1 is 1.07 bits per heavy atom. The summed E-state index contributed by atoms with van der Waals surface area (Å²) in [4.78, 5) is 41.3. The number of amides is 2. The molecule has 15 nitrogen and oxygen atoms in total. The van der Waals surface area contributed by atoms with Crippen LogP contribution in [0.1, 0.15) is 37.7 Å². The second-order valence-corrected chi connectivity index (χ2v) is 10.4. The fraction of sp³-hybridized carbons (Fsp3) is 0.393. The van der Waals surface area contributed by atoms with E-state index in [1.165, 1.54) is 19.5 Å². The fourth-order valence-corrected chi connectivity index (χ4v) is 5.10. The third kappa shape index (κ3) is 7.16. The van der Waals surface area contributed by atoms with E-state index in [-0.39, 0.29) is 29.7 Å². The van der Waals surface area contributed by atoms with Crippen LogP contribution >= 0.6 is 11.6 Å². The minimum Gasteiger partial charge on any atom is -0.467 e. The van der Waals surface area contributed by atoms with Gasteiger partial charge in [-0.15, -0.1) is 0 Å². The molecule has 1 saturated carbocycles. The van der Waals surface area contributed by atoms with Gasteiger partial charge in [-0.2, -0.15) is 10.4 Å². The number of carbonyl (C=O) groups is 1. The Balaban J connectivity index is 1.28. The van der Waals surface area contributed by atoms with E-state index in [1.807, 2.05) is 0 Å². The molecule has 0 bridgehead atoms. The molecular weight excluding hydrogens is 588 g/mol. The molecule has 4 heterocycles. The highest BCUT2D eigenvalue weighted by molar-refractivity contribution is 6.32. The summed E-state index contributed by atoms with van der Waals surface area (Å²) in [5.41, 5.74) is 2.25. The van der Waals surface area contributed by atoms with Crippen LogP contribution in [-0.2, 0) is 4.74 Å². The van der Waals surface area contributed by atoms with Crippen LogP contribution in [0.3, 0.4) is 0 Å². The van der Waals surface area contributed by atoms with E-state index < -0.39 is 0 Å². The zero-order valence-electron chi connectivity index (χ0n) is 24.2. The molecule has 1 fully saturated rings. The topological polar surface area (TPSA) is 193 Å². The summed E-state index contributed by atoms with van der Waals surface area (Å²) in [6.07, 6.45) is 13.0. The zero-order chi connectivity index (χ0) is 30.9. The van der Waals surface area contributed by atoms with Crippen molar-refractivity contribution < 1.29 is 14.3 Å². The van der Waals surface area contributed by atoms with Gasteiger partial charge in [-0.1, -0.05) is 11.6 Å². The summed E-state index contributed by atoms with van der Waals surface area (Å²) in [5, 5.41) is 23.0. The highest BCUT2D eigenvalue weighted by Gasteiger charge is 2.31. The van der Waals surface area contributed by atoms with Crippen LogP contribution in [0, 0.1) is 11.3 Å². The molecule has 2 amide bonds. The Kier molecular flexibility index (Phi) is 10.1. The van der Waals surface area contributed by atoms with Crippen molar-refractivity contribution >= 4 is 29.4 Å². The number of halogens is 1. The van der Waals surface area contributed by atoms with Crippen molar-refractivity contribution in [1.29, 1.82) is 5.26 Å². The molecule has 1 aliphatic rings. The second-order valence-electron chi connectivity index (χ2n) is 9.97. The third-order valence-electron chi connectivity index (χ3n) is 7.13. The maximum atomic E-state index is 13.4. The molecule has 228 valence electrons. The number of nitriles is 1. The van der Waals surface area contributed by atoms with Crippen molar-refractivity contribution in [2.24, 2.45) is 0 Å². The van der Waals surface area contributed by atoms with Crippen LogP contribution in [-0.4, -0.2) is 85.6 Å². The first-order chi connectivity index (χ1) is 21.5. The molecule has 0 radical (unpaired) electrons. The maximum absolute atomic E-state index is 13.4. The lowest BCUT2D eigenvalue weighted by Crippen LogP contribution is -2.49. The van der Waals surface area contributed by atoms with E-state index in [0.29, 0.717) is 71.8 Å². The number of rotatable bonds is 11. The van der Waals surface area contributed by atoms with Crippen molar-refractivity contribution in [3.8, 4) is 34.7 Å². The van der Waals surface area contributed by atoms with Crippen LogP contribution in [0.25, 0.3) is 22.6 Å². The quantitative estimate of drug-likeness (QED) is 0.207. The number of urea groups is 1. The summed E-state index contributed by atoms with van der Waals surface area (Å²) >= 11 is 6.22. The van der Waals surface area contributed by atoms with Gasteiger partial charge in [-0.25, -0.2) is 29.7 Å². The van der Waals surface area contributed by atoms with Crippen molar-refractivity contribution in [2.45, 2.75) is 44.2 Å². The Morgan fingerprint density at radius 2 is 1.86 bits per heavy atom. The van der Waals surface area contributed by atoms with Gasteiger partial charge in [0.2, 0.25) is 5.95 Å². The number of aromatic amines is 1. The van der Waals surface area contributed by atoms with Crippen molar-refractivity contribution in [3.63, 3.8) is 0 Å². The molecule has 0 spiro atoms. The first-order valence-corrected chi connectivity index (χ1v) is 14.4. The number of hydrogen-bond donors (Lipinski definition) is 3. The van der Waals surface area contributed by atoms with Gasteiger partial charge in [0.15, 0.2) is 5.82 Å². The lowest BCUT2D eigenvalue weighted by Gasteiger charge is -2.36. The molecule has 0 aliphatic heterocycles. The molecule has 0 saturated heterocycles. The number of ether oxygens (including phenoxy) is 2. The minimum atomic E-state index is -0.247. The summed E-state index contributed by atoms with van der Waals surface area (Å²) in [6.45, 7) is 1.01. The Bertz CT molecular complexity index is 1580. The maximum Gasteiger partial charge on any atom is 0.323 e. The third-order valence-corrected chi connectivity index (χ3v) is 7.42. The molecule has 0 unspecified atom stereocenters. The molecule has 1 aliphatic carbocycles. The molecular formula is C28H31ClN12O3.